The largest absolute Gasteiger partial charge is 0.456 e. The van der Waals surface area contributed by atoms with Gasteiger partial charge in [0.25, 0.3) is 0 Å². The molecule has 6 aromatic heterocycles. The van der Waals surface area contributed by atoms with Crippen molar-refractivity contribution in [3.63, 3.8) is 0 Å². The van der Waals surface area contributed by atoms with Crippen molar-refractivity contribution in [3.8, 4) is 67.8 Å². The molecule has 0 amide bonds. The SMILES string of the molecule is c1ccc(-c2nc(-c3ccc4c(c3)oc3cc(-n5c6ccccc6c6ccccc65)ccc34)nc(-c3cccc4oc5ccc(-c6ccc7sc8ccc(-c9ccc%10c(c9)c9ccccc9n%10-c9ccccc9)cc8c7c6)cc5c34)n2)cc1. The first-order valence-corrected chi connectivity index (χ1v) is 28.7. The molecule has 8 heteroatoms. The summed E-state index contributed by atoms with van der Waals surface area (Å²) in [4.78, 5) is 15.7. The van der Waals surface area contributed by atoms with Crippen molar-refractivity contribution in [2.45, 2.75) is 0 Å². The zero-order chi connectivity index (χ0) is 54.3. The van der Waals surface area contributed by atoms with Gasteiger partial charge in [0.1, 0.15) is 22.3 Å². The zero-order valence-electron chi connectivity index (χ0n) is 44.3. The average Bonchev–Trinajstić information content (AvgIpc) is 4.16. The first-order chi connectivity index (χ1) is 41.1. The summed E-state index contributed by atoms with van der Waals surface area (Å²) in [7, 11) is 0. The van der Waals surface area contributed by atoms with Gasteiger partial charge in [-0.2, -0.15) is 0 Å². The number of fused-ring (bicyclic) bond motifs is 15. The molecule has 0 fully saturated rings. The minimum Gasteiger partial charge on any atom is -0.456 e. The highest BCUT2D eigenvalue weighted by Gasteiger charge is 2.22. The fourth-order valence-electron chi connectivity index (χ4n) is 12.9. The van der Waals surface area contributed by atoms with Gasteiger partial charge in [-0.05, 0) is 131 Å². The topological polar surface area (TPSA) is 74.8 Å². The van der Waals surface area contributed by atoms with E-state index in [0.29, 0.717) is 17.5 Å². The van der Waals surface area contributed by atoms with Gasteiger partial charge >= 0.3 is 0 Å². The summed E-state index contributed by atoms with van der Waals surface area (Å²) in [6.45, 7) is 0. The van der Waals surface area contributed by atoms with Crippen LogP contribution in [0.1, 0.15) is 0 Å². The summed E-state index contributed by atoms with van der Waals surface area (Å²) in [5, 5.41) is 11.4. The number of nitrogens with zero attached hydrogens (tertiary/aromatic N) is 5. The Kier molecular flexibility index (Phi) is 9.83. The van der Waals surface area contributed by atoms with Crippen molar-refractivity contribution in [1.29, 1.82) is 0 Å². The van der Waals surface area contributed by atoms with E-state index in [-0.39, 0.29) is 0 Å². The van der Waals surface area contributed by atoms with E-state index in [1.54, 1.807) is 0 Å². The number of para-hydroxylation sites is 4. The van der Waals surface area contributed by atoms with Crippen LogP contribution in [0.3, 0.4) is 0 Å². The second-order valence-corrected chi connectivity index (χ2v) is 22.6. The van der Waals surface area contributed by atoms with Crippen molar-refractivity contribution in [1.82, 2.24) is 24.1 Å². The average molecular weight is 1080 g/mol. The van der Waals surface area contributed by atoms with Crippen molar-refractivity contribution < 1.29 is 8.83 Å². The fourth-order valence-corrected chi connectivity index (χ4v) is 14.0. The monoisotopic (exact) mass is 1080 g/mol. The number of rotatable bonds is 7. The summed E-state index contributed by atoms with van der Waals surface area (Å²) in [6.07, 6.45) is 0. The van der Waals surface area contributed by atoms with Gasteiger partial charge in [0, 0.05) is 97.4 Å². The quantitative estimate of drug-likeness (QED) is 0.159. The third-order valence-electron chi connectivity index (χ3n) is 16.8. The molecule has 0 bridgehead atoms. The van der Waals surface area contributed by atoms with Crippen LogP contribution in [0.5, 0.6) is 0 Å². The number of aromatic nitrogens is 5. The standard InChI is InChI=1S/C75H43N5O2S/c1-3-14-44(15-4-1)73-76-74(49-26-32-55-56-33-31-51(43-69(56)82-68(55)42-49)80-62-22-10-7-18-52(62)53-19-8-11-23-63(53)80)78-75(77-73)57-21-13-25-67-72(57)61-41-46(28-35-66(61)81-67)48-30-37-71-60(40-48)59-39-47(29-36-70(59)83-71)45-27-34-65-58(38-45)54-20-9-12-24-64(54)79(65)50-16-5-2-6-17-50/h1-43H. The van der Waals surface area contributed by atoms with Gasteiger partial charge in [-0.3, -0.25) is 0 Å². The lowest BCUT2D eigenvalue weighted by atomic mass is 9.98. The van der Waals surface area contributed by atoms with Gasteiger partial charge in [-0.1, -0.05) is 146 Å². The number of benzene rings is 12. The van der Waals surface area contributed by atoms with E-state index in [4.69, 9.17) is 23.8 Å². The molecule has 386 valence electrons. The van der Waals surface area contributed by atoms with E-state index in [2.05, 4.69) is 228 Å². The summed E-state index contributed by atoms with van der Waals surface area (Å²) in [5.41, 5.74) is 17.2. The predicted molar refractivity (Wildman–Crippen MR) is 343 cm³/mol. The molecule has 0 aliphatic carbocycles. The van der Waals surface area contributed by atoms with Gasteiger partial charge in [-0.25, -0.2) is 15.0 Å². The highest BCUT2D eigenvalue weighted by atomic mass is 32.1. The number of hydrogen-bond donors (Lipinski definition) is 0. The van der Waals surface area contributed by atoms with Crippen molar-refractivity contribution in [3.05, 3.63) is 261 Å². The third kappa shape index (κ3) is 7.13. The van der Waals surface area contributed by atoms with E-state index < -0.39 is 0 Å². The highest BCUT2D eigenvalue weighted by molar-refractivity contribution is 7.25. The number of hydrogen-bond acceptors (Lipinski definition) is 6. The van der Waals surface area contributed by atoms with Crippen molar-refractivity contribution in [2.75, 3.05) is 0 Å². The number of furan rings is 2. The van der Waals surface area contributed by atoms with Crippen molar-refractivity contribution in [2.24, 2.45) is 0 Å². The summed E-state index contributed by atoms with van der Waals surface area (Å²) >= 11 is 1.84. The number of thiophene rings is 1. The van der Waals surface area contributed by atoms with Crippen LogP contribution in [0.25, 0.3) is 175 Å². The lowest BCUT2D eigenvalue weighted by molar-refractivity contribution is 0.668. The van der Waals surface area contributed by atoms with Gasteiger partial charge in [0.05, 0.1) is 22.1 Å². The van der Waals surface area contributed by atoms with Crippen LogP contribution in [0.15, 0.2) is 270 Å². The van der Waals surface area contributed by atoms with Crippen LogP contribution in [0, 0.1) is 0 Å². The molecule has 0 atom stereocenters. The molecular formula is C75H43N5O2S. The lowest BCUT2D eigenvalue weighted by Crippen LogP contribution is -2.00. The molecule has 6 heterocycles. The van der Waals surface area contributed by atoms with Crippen molar-refractivity contribution >= 4 is 119 Å². The van der Waals surface area contributed by atoms with Gasteiger partial charge in [0.2, 0.25) is 0 Å². The molecule has 0 saturated carbocycles. The van der Waals surface area contributed by atoms with Gasteiger partial charge < -0.3 is 18.0 Å². The minimum atomic E-state index is 0.545. The zero-order valence-corrected chi connectivity index (χ0v) is 45.1. The highest BCUT2D eigenvalue weighted by Crippen LogP contribution is 2.44. The molecule has 7 nitrogen and oxygen atoms in total. The lowest BCUT2D eigenvalue weighted by Gasteiger charge is -2.09. The Bertz CT molecular complexity index is 5660. The molecule has 18 aromatic rings. The molecule has 83 heavy (non-hydrogen) atoms. The summed E-state index contributed by atoms with van der Waals surface area (Å²) < 4.78 is 20.6. The molecule has 0 spiro atoms. The second-order valence-electron chi connectivity index (χ2n) is 21.5. The molecular weight excluding hydrogens is 1030 g/mol. The Balaban J connectivity index is 0.731. The molecule has 0 radical (unpaired) electrons. The molecule has 12 aromatic carbocycles. The second kappa shape index (κ2) is 17.8. The Hall–Kier alpha value is -10.9. The van der Waals surface area contributed by atoms with E-state index >= 15 is 0 Å². The van der Waals surface area contributed by atoms with Gasteiger partial charge in [0.15, 0.2) is 17.5 Å². The van der Waals surface area contributed by atoms with Crippen LogP contribution in [0.2, 0.25) is 0 Å². The normalized spacial score (nSPS) is 12.1. The fraction of sp³-hybridized carbons (Fsp3) is 0. The maximum absolute atomic E-state index is 6.75. The maximum atomic E-state index is 6.75. The Labute approximate surface area is 477 Å². The Morgan fingerprint density at radius 1 is 0.265 bits per heavy atom. The van der Waals surface area contributed by atoms with Crippen LogP contribution < -0.4 is 0 Å². The third-order valence-corrected chi connectivity index (χ3v) is 17.9. The molecule has 0 unspecified atom stereocenters. The van der Waals surface area contributed by atoms with E-state index in [0.717, 1.165) is 94.1 Å². The van der Waals surface area contributed by atoms with Gasteiger partial charge in [-0.15, -0.1) is 11.3 Å². The predicted octanol–water partition coefficient (Wildman–Crippen LogP) is 20.6. The Morgan fingerprint density at radius 2 is 0.759 bits per heavy atom. The van der Waals surface area contributed by atoms with Crippen LogP contribution in [-0.4, -0.2) is 24.1 Å². The Morgan fingerprint density at radius 3 is 1.45 bits per heavy atom. The minimum absolute atomic E-state index is 0.545. The molecule has 0 aliphatic heterocycles. The van der Waals surface area contributed by atoms with E-state index in [9.17, 15) is 0 Å². The van der Waals surface area contributed by atoms with E-state index in [1.807, 2.05) is 53.8 Å². The first-order valence-electron chi connectivity index (χ1n) is 27.9. The van der Waals surface area contributed by atoms with E-state index in [1.165, 1.54) is 63.9 Å². The summed E-state index contributed by atoms with van der Waals surface area (Å²) in [6, 6.07) is 92.8. The summed E-state index contributed by atoms with van der Waals surface area (Å²) in [5.74, 6) is 1.67. The van der Waals surface area contributed by atoms with Crippen LogP contribution in [-0.2, 0) is 0 Å². The van der Waals surface area contributed by atoms with Crippen LogP contribution >= 0.6 is 11.3 Å². The molecule has 18 rings (SSSR count). The molecule has 0 N–H and O–H groups in total. The maximum Gasteiger partial charge on any atom is 0.164 e. The van der Waals surface area contributed by atoms with Crippen LogP contribution in [0.4, 0.5) is 0 Å². The first kappa shape index (κ1) is 45.9. The smallest absolute Gasteiger partial charge is 0.164 e. The molecule has 0 saturated heterocycles. The molecule has 0 aliphatic rings.